The molecule has 1 aromatic heterocycles. The smallest absolute Gasteiger partial charge is 0.306 e. The Kier molecular flexibility index (Phi) is 14.4. The number of hydrogen-bond acceptors (Lipinski definition) is 9. The molecule has 0 radical (unpaired) electrons. The maximum Gasteiger partial charge on any atom is 0.306 e. The molecular weight excluding hydrogens is 862 g/mol. The fourth-order valence-electron chi connectivity index (χ4n) is 11.5. The number of rotatable bonds is 7. The first-order chi connectivity index (χ1) is 28.9. The summed E-state index contributed by atoms with van der Waals surface area (Å²) < 4.78 is 53.6. The average Bonchev–Trinajstić information content (AvgIpc) is 3.33. The van der Waals surface area contributed by atoms with Crippen molar-refractivity contribution in [3.8, 4) is 0 Å². The number of aromatic nitrogens is 2. The number of likely N-dealkylation sites (tertiary alicyclic amines) is 1. The SMILES string of the molecule is CCC(=O)O[C@]1(C(=O)SCF)[C@H](C)C[C@H]2[C@@H]3C[C@H](F)C4=CC(=O)C=C[C@]4(C)[C@@]3(F)[C@@H](O)C[C@@]21C.CN1CCCC(n2nc(Cc3ccc(Cl)cc3)c3ccccc3c2=O)CC1.Cl. The van der Waals surface area contributed by atoms with Gasteiger partial charge < -0.3 is 14.7 Å². The van der Waals surface area contributed by atoms with E-state index in [2.05, 4.69) is 11.9 Å². The largest absolute Gasteiger partial charge is 0.449 e. The number of ether oxygens (including phenoxy) is 1. The van der Waals surface area contributed by atoms with Gasteiger partial charge in [0, 0.05) is 45.9 Å². The Morgan fingerprint density at radius 2 is 1.73 bits per heavy atom. The van der Waals surface area contributed by atoms with E-state index in [9.17, 15) is 28.7 Å². The van der Waals surface area contributed by atoms with Crippen LogP contribution in [0.3, 0.4) is 0 Å². The fourth-order valence-corrected chi connectivity index (χ4v) is 12.5. The summed E-state index contributed by atoms with van der Waals surface area (Å²) in [7, 11) is 2.14. The maximum atomic E-state index is 17.2. The average molecular weight is 919 g/mol. The van der Waals surface area contributed by atoms with Gasteiger partial charge in [0.15, 0.2) is 17.1 Å². The second-order valence-corrected chi connectivity index (χ2v) is 19.3. The zero-order valence-corrected chi connectivity index (χ0v) is 38.1. The molecular formula is C47H56Cl2F3N3O6S. The van der Waals surface area contributed by atoms with E-state index in [0.717, 1.165) is 65.5 Å². The number of aliphatic hydroxyl groups is 1. The predicted octanol–water partition coefficient (Wildman–Crippen LogP) is 9.15. The zero-order chi connectivity index (χ0) is 44.1. The van der Waals surface area contributed by atoms with Gasteiger partial charge in [0.1, 0.15) is 12.2 Å². The number of aliphatic hydroxyl groups excluding tert-OH is 1. The highest BCUT2D eigenvalue weighted by Gasteiger charge is 2.78. The van der Waals surface area contributed by atoms with E-state index in [1.807, 2.05) is 48.5 Å². The number of ketones is 1. The van der Waals surface area contributed by atoms with Gasteiger partial charge in [0.05, 0.1) is 23.2 Å². The number of halogens is 5. The highest BCUT2D eigenvalue weighted by Crippen LogP contribution is 2.72. The highest BCUT2D eigenvalue weighted by atomic mass is 35.5. The van der Waals surface area contributed by atoms with Gasteiger partial charge >= 0.3 is 5.97 Å². The summed E-state index contributed by atoms with van der Waals surface area (Å²) in [6, 6.07) is 14.8. The van der Waals surface area contributed by atoms with E-state index in [4.69, 9.17) is 21.4 Å². The van der Waals surface area contributed by atoms with Crippen LogP contribution in [0, 0.1) is 28.6 Å². The number of benzene rings is 2. The van der Waals surface area contributed by atoms with Gasteiger partial charge in [-0.25, -0.2) is 17.9 Å². The van der Waals surface area contributed by atoms with Crippen LogP contribution in [0.4, 0.5) is 13.2 Å². The molecule has 9 nitrogen and oxygen atoms in total. The molecule has 2 aromatic carbocycles. The molecule has 1 unspecified atom stereocenters. The van der Waals surface area contributed by atoms with Crippen molar-refractivity contribution in [2.24, 2.45) is 28.6 Å². The quantitative estimate of drug-likeness (QED) is 0.232. The normalized spacial score (nSPS) is 34.0. The number of carbonyl (C=O) groups excluding carboxylic acids is 3. The number of nitrogens with zero attached hydrogens (tertiary/aromatic N) is 3. The molecule has 1 saturated heterocycles. The summed E-state index contributed by atoms with van der Waals surface area (Å²) in [5.74, 6) is -3.30. The zero-order valence-electron chi connectivity index (χ0n) is 35.8. The number of allylic oxidation sites excluding steroid dienone is 4. The molecule has 336 valence electrons. The molecule has 8 rings (SSSR count). The van der Waals surface area contributed by atoms with Crippen LogP contribution in [0.25, 0.3) is 10.8 Å². The lowest BCUT2D eigenvalue weighted by Gasteiger charge is -2.63. The van der Waals surface area contributed by atoms with Crippen LogP contribution < -0.4 is 5.56 Å². The molecule has 62 heavy (non-hydrogen) atoms. The molecule has 4 fully saturated rings. The van der Waals surface area contributed by atoms with Crippen molar-refractivity contribution >= 4 is 63.4 Å². The third-order valence-electron chi connectivity index (χ3n) is 14.7. The lowest BCUT2D eigenvalue weighted by molar-refractivity contribution is -0.228. The Hall–Kier alpha value is -3.49. The molecule has 3 saturated carbocycles. The van der Waals surface area contributed by atoms with Crippen LogP contribution in [-0.2, 0) is 25.5 Å². The number of thioether (sulfide) groups is 1. The van der Waals surface area contributed by atoms with E-state index >= 15 is 8.78 Å². The van der Waals surface area contributed by atoms with E-state index in [-0.39, 0.29) is 55.3 Å². The molecule has 2 heterocycles. The van der Waals surface area contributed by atoms with Gasteiger partial charge in [-0.1, -0.05) is 68.8 Å². The minimum absolute atomic E-state index is 0. The molecule has 5 aliphatic rings. The van der Waals surface area contributed by atoms with Crippen LogP contribution in [-0.4, -0.2) is 86.3 Å². The third kappa shape index (κ3) is 8.00. The second-order valence-electron chi connectivity index (χ2n) is 18.0. The Morgan fingerprint density at radius 1 is 1.03 bits per heavy atom. The van der Waals surface area contributed by atoms with Gasteiger partial charge in [-0.15, -0.1) is 12.4 Å². The molecule has 4 aliphatic carbocycles. The minimum atomic E-state index is -2.30. The first-order valence-corrected chi connectivity index (χ1v) is 22.7. The van der Waals surface area contributed by atoms with Crippen LogP contribution in [0.1, 0.15) is 89.9 Å². The van der Waals surface area contributed by atoms with Gasteiger partial charge in [0.2, 0.25) is 5.12 Å². The lowest BCUT2D eigenvalue weighted by atomic mass is 9.44. The Balaban J connectivity index is 0.000000209. The van der Waals surface area contributed by atoms with Crippen molar-refractivity contribution in [1.82, 2.24) is 14.7 Å². The van der Waals surface area contributed by atoms with Crippen LogP contribution in [0.5, 0.6) is 0 Å². The molecule has 1 aliphatic heterocycles. The summed E-state index contributed by atoms with van der Waals surface area (Å²) in [6.45, 7) is 8.53. The molecule has 15 heteroatoms. The number of hydrogen-bond donors (Lipinski definition) is 1. The van der Waals surface area contributed by atoms with E-state index in [1.165, 1.54) is 19.1 Å². The monoisotopic (exact) mass is 917 g/mol. The van der Waals surface area contributed by atoms with Crippen molar-refractivity contribution in [3.63, 3.8) is 0 Å². The predicted molar refractivity (Wildman–Crippen MR) is 239 cm³/mol. The van der Waals surface area contributed by atoms with Crippen LogP contribution in [0.2, 0.25) is 5.02 Å². The topological polar surface area (TPSA) is 119 Å². The van der Waals surface area contributed by atoms with Crippen LogP contribution >= 0.6 is 35.8 Å². The molecule has 0 bridgehead atoms. The van der Waals surface area contributed by atoms with Crippen molar-refractivity contribution < 1.29 is 37.4 Å². The Morgan fingerprint density at radius 3 is 2.40 bits per heavy atom. The van der Waals surface area contributed by atoms with Crippen molar-refractivity contribution in [2.45, 2.75) is 109 Å². The fraction of sp³-hybridized carbons (Fsp3) is 0.553. The minimum Gasteiger partial charge on any atom is -0.449 e. The third-order valence-corrected chi connectivity index (χ3v) is 15.6. The summed E-state index contributed by atoms with van der Waals surface area (Å²) in [4.78, 5) is 53.3. The van der Waals surface area contributed by atoms with E-state index < -0.39 is 75.0 Å². The molecule has 3 aromatic rings. The first-order valence-electron chi connectivity index (χ1n) is 21.3. The number of esters is 1. The summed E-state index contributed by atoms with van der Waals surface area (Å²) in [5.41, 5.74) is -4.72. The summed E-state index contributed by atoms with van der Waals surface area (Å²) in [5, 5.41) is 18.0. The molecule has 0 amide bonds. The van der Waals surface area contributed by atoms with Crippen molar-refractivity contribution in [2.75, 3.05) is 26.1 Å². The van der Waals surface area contributed by atoms with Gasteiger partial charge in [-0.3, -0.25) is 19.2 Å². The number of alkyl halides is 3. The number of carbonyl (C=O) groups is 3. The second kappa shape index (κ2) is 18.5. The van der Waals surface area contributed by atoms with Gasteiger partial charge in [0.25, 0.3) is 5.56 Å². The van der Waals surface area contributed by atoms with Gasteiger partial charge in [-0.2, -0.15) is 5.10 Å². The van der Waals surface area contributed by atoms with Gasteiger partial charge in [-0.05, 0) is 125 Å². The van der Waals surface area contributed by atoms with Crippen molar-refractivity contribution in [1.29, 1.82) is 0 Å². The van der Waals surface area contributed by atoms with E-state index in [1.54, 1.807) is 25.5 Å². The van der Waals surface area contributed by atoms with E-state index in [0.29, 0.717) is 18.2 Å². The molecule has 1 N–H and O–H groups in total. The highest BCUT2D eigenvalue weighted by molar-refractivity contribution is 8.13. The number of fused-ring (bicyclic) bond motifs is 6. The lowest BCUT2D eigenvalue weighted by Crippen LogP contribution is -2.70. The Bertz CT molecular complexity index is 2310. The van der Waals surface area contributed by atoms with Crippen molar-refractivity contribution in [3.05, 3.63) is 99.0 Å². The summed E-state index contributed by atoms with van der Waals surface area (Å²) in [6.07, 6.45) is 3.89. The summed E-state index contributed by atoms with van der Waals surface area (Å²) >= 11 is 6.42. The first kappa shape index (κ1) is 48.0. The maximum absolute atomic E-state index is 17.2. The van der Waals surface area contributed by atoms with Crippen LogP contribution in [0.15, 0.2) is 77.1 Å². The Labute approximate surface area is 376 Å². The standard InChI is InChI=1S/C25H31F3O5S.C22H24ClN3O.ClH/c1-5-20(31)33-25(21(32)34-12-26)13(2)8-15-16-10-18(27)17-9-14(29)6-7-22(17,3)24(16,28)19(30)11-23(15,25)4;1-25-13-4-5-18(12-14-25)26-22(27)20-7-3-2-6-19(20)21(24-26)15-16-8-10-17(23)11-9-16;/h6-7,9,13,15-16,18-19,30H,5,8,10-12H2,1-4H3;2-3,6-11,18H,4-5,12-15H2,1H3;1H/t13-,15+,16+,18+,19+,22+,23+,24+,25+;;/m1../s1. The molecule has 10 atom stereocenters. The molecule has 0 spiro atoms.